The Labute approximate surface area is 124 Å². The van der Waals surface area contributed by atoms with Gasteiger partial charge in [0, 0.05) is 5.39 Å². The molecule has 0 aliphatic rings. The van der Waals surface area contributed by atoms with Gasteiger partial charge in [0.1, 0.15) is 29.3 Å². The molecule has 3 nitrogen and oxygen atoms in total. The Bertz CT molecular complexity index is 757. The van der Waals surface area contributed by atoms with Crippen molar-refractivity contribution in [1.82, 2.24) is 0 Å². The summed E-state index contributed by atoms with van der Waals surface area (Å²) in [5, 5.41) is 0.928. The van der Waals surface area contributed by atoms with Gasteiger partial charge in [0.05, 0.1) is 5.02 Å². The van der Waals surface area contributed by atoms with Gasteiger partial charge in [-0.15, -0.1) is 0 Å². The first-order valence-corrected chi connectivity index (χ1v) is 6.61. The van der Waals surface area contributed by atoms with E-state index in [2.05, 4.69) is 0 Å². The lowest BCUT2D eigenvalue weighted by molar-refractivity contribution is 0.0442. The Morgan fingerprint density at radius 2 is 2.00 bits per heavy atom. The molecule has 0 unspecified atom stereocenters. The van der Waals surface area contributed by atoms with Crippen LogP contribution in [0.1, 0.15) is 16.1 Å². The molecule has 106 valence electrons. The maximum atomic E-state index is 13.6. The number of hydrogen-bond donors (Lipinski definition) is 0. The minimum Gasteiger partial charge on any atom is -0.457 e. The van der Waals surface area contributed by atoms with Gasteiger partial charge < -0.3 is 9.15 Å². The van der Waals surface area contributed by atoms with E-state index in [-0.39, 0.29) is 17.2 Å². The zero-order valence-electron chi connectivity index (χ0n) is 10.8. The Hall–Kier alpha value is -2.33. The lowest BCUT2D eigenvalue weighted by atomic mass is 10.2. The Morgan fingerprint density at radius 3 is 2.76 bits per heavy atom. The SMILES string of the molecule is O=C(OCc1cc2ccccc2o1)c1c(F)cccc1Cl. The van der Waals surface area contributed by atoms with Gasteiger partial charge in [0.25, 0.3) is 0 Å². The van der Waals surface area contributed by atoms with Gasteiger partial charge in [-0.25, -0.2) is 9.18 Å². The van der Waals surface area contributed by atoms with Gasteiger partial charge in [-0.05, 0) is 24.3 Å². The quantitative estimate of drug-likeness (QED) is 0.665. The van der Waals surface area contributed by atoms with Crippen molar-refractivity contribution in [3.8, 4) is 0 Å². The van der Waals surface area contributed by atoms with Crippen LogP contribution in [-0.2, 0) is 11.3 Å². The zero-order chi connectivity index (χ0) is 14.8. The second kappa shape index (κ2) is 5.58. The van der Waals surface area contributed by atoms with E-state index in [4.69, 9.17) is 20.8 Å². The Kier molecular flexibility index (Phi) is 3.62. The number of carbonyl (C=O) groups is 1. The summed E-state index contributed by atoms with van der Waals surface area (Å²) in [5.74, 6) is -1.05. The molecule has 0 N–H and O–H groups in total. The van der Waals surface area contributed by atoms with E-state index >= 15 is 0 Å². The first-order chi connectivity index (χ1) is 10.1. The number of fused-ring (bicyclic) bond motifs is 1. The summed E-state index contributed by atoms with van der Waals surface area (Å²) < 4.78 is 24.1. The molecule has 0 radical (unpaired) electrons. The summed E-state index contributed by atoms with van der Waals surface area (Å²) in [6.07, 6.45) is 0. The van der Waals surface area contributed by atoms with Crippen LogP contribution < -0.4 is 0 Å². The highest BCUT2D eigenvalue weighted by atomic mass is 35.5. The summed E-state index contributed by atoms with van der Waals surface area (Å²) in [6, 6.07) is 13.2. The molecular formula is C16H10ClFO3. The molecule has 0 fully saturated rings. The zero-order valence-corrected chi connectivity index (χ0v) is 11.6. The van der Waals surface area contributed by atoms with Crippen LogP contribution >= 0.6 is 11.6 Å². The van der Waals surface area contributed by atoms with Crippen molar-refractivity contribution in [3.63, 3.8) is 0 Å². The highest BCUT2D eigenvalue weighted by molar-refractivity contribution is 6.33. The molecule has 0 amide bonds. The Balaban J connectivity index is 1.76. The largest absolute Gasteiger partial charge is 0.457 e. The van der Waals surface area contributed by atoms with E-state index in [0.717, 1.165) is 11.5 Å². The van der Waals surface area contributed by atoms with Crippen molar-refractivity contribution in [2.45, 2.75) is 6.61 Å². The van der Waals surface area contributed by atoms with Crippen LogP contribution in [0.5, 0.6) is 0 Å². The molecule has 1 aromatic heterocycles. The molecule has 3 rings (SSSR count). The van der Waals surface area contributed by atoms with E-state index < -0.39 is 11.8 Å². The number of rotatable bonds is 3. The van der Waals surface area contributed by atoms with Gasteiger partial charge in [0.15, 0.2) is 0 Å². The number of esters is 1. The molecule has 0 atom stereocenters. The van der Waals surface area contributed by atoms with E-state index in [0.29, 0.717) is 11.3 Å². The number of hydrogen-bond acceptors (Lipinski definition) is 3. The van der Waals surface area contributed by atoms with Gasteiger partial charge in [-0.3, -0.25) is 0 Å². The molecule has 0 bridgehead atoms. The molecular weight excluding hydrogens is 295 g/mol. The van der Waals surface area contributed by atoms with Crippen molar-refractivity contribution >= 4 is 28.5 Å². The molecule has 21 heavy (non-hydrogen) atoms. The second-order valence-corrected chi connectivity index (χ2v) is 4.83. The molecule has 0 saturated heterocycles. The maximum absolute atomic E-state index is 13.6. The van der Waals surface area contributed by atoms with Gasteiger partial charge in [-0.2, -0.15) is 0 Å². The van der Waals surface area contributed by atoms with Crippen LogP contribution in [0.25, 0.3) is 11.0 Å². The normalized spacial score (nSPS) is 10.8. The van der Waals surface area contributed by atoms with Crippen LogP contribution in [0.3, 0.4) is 0 Å². The Morgan fingerprint density at radius 1 is 1.19 bits per heavy atom. The summed E-state index contributed by atoms with van der Waals surface area (Å²) >= 11 is 5.81. The van der Waals surface area contributed by atoms with Crippen LogP contribution in [-0.4, -0.2) is 5.97 Å². The highest BCUT2D eigenvalue weighted by Gasteiger charge is 2.17. The molecule has 0 aliphatic carbocycles. The predicted octanol–water partition coefficient (Wildman–Crippen LogP) is 4.58. The third kappa shape index (κ3) is 2.76. The van der Waals surface area contributed by atoms with Crippen LogP contribution in [0, 0.1) is 5.82 Å². The summed E-state index contributed by atoms with van der Waals surface area (Å²) in [7, 11) is 0. The van der Waals surface area contributed by atoms with Gasteiger partial charge in [-0.1, -0.05) is 35.9 Å². The average Bonchev–Trinajstić information content (AvgIpc) is 2.87. The molecule has 3 aromatic rings. The van der Waals surface area contributed by atoms with E-state index in [1.165, 1.54) is 12.1 Å². The third-order valence-electron chi connectivity index (χ3n) is 2.99. The monoisotopic (exact) mass is 304 g/mol. The van der Waals surface area contributed by atoms with Crippen LogP contribution in [0.2, 0.25) is 5.02 Å². The van der Waals surface area contributed by atoms with E-state index in [1.54, 1.807) is 6.07 Å². The molecule has 1 heterocycles. The predicted molar refractivity (Wildman–Crippen MR) is 76.7 cm³/mol. The standard InChI is InChI=1S/C16H10ClFO3/c17-12-5-3-6-13(18)15(12)16(19)20-9-11-8-10-4-1-2-7-14(10)21-11/h1-8H,9H2. The highest BCUT2D eigenvalue weighted by Crippen LogP contribution is 2.22. The minimum absolute atomic E-state index is 0.0182. The van der Waals surface area contributed by atoms with Gasteiger partial charge >= 0.3 is 5.97 Å². The lowest BCUT2D eigenvalue weighted by Gasteiger charge is -2.05. The fraction of sp³-hybridized carbons (Fsp3) is 0.0625. The van der Waals surface area contributed by atoms with Crippen molar-refractivity contribution in [3.05, 3.63) is 70.7 Å². The summed E-state index contributed by atoms with van der Waals surface area (Å²) in [5.41, 5.74) is 0.433. The van der Waals surface area contributed by atoms with Crippen molar-refractivity contribution in [2.24, 2.45) is 0 Å². The number of furan rings is 1. The smallest absolute Gasteiger partial charge is 0.343 e. The first kappa shape index (κ1) is 13.6. The maximum Gasteiger partial charge on any atom is 0.343 e. The lowest BCUT2D eigenvalue weighted by Crippen LogP contribution is -2.08. The molecule has 0 spiro atoms. The number of carbonyl (C=O) groups excluding carboxylic acids is 1. The van der Waals surface area contributed by atoms with Crippen LogP contribution in [0.15, 0.2) is 52.9 Å². The molecule has 5 heteroatoms. The van der Waals surface area contributed by atoms with Crippen molar-refractivity contribution in [1.29, 1.82) is 0 Å². The third-order valence-corrected chi connectivity index (χ3v) is 3.30. The van der Waals surface area contributed by atoms with Gasteiger partial charge in [0.2, 0.25) is 0 Å². The fourth-order valence-electron chi connectivity index (χ4n) is 2.01. The van der Waals surface area contributed by atoms with Crippen LogP contribution in [0.4, 0.5) is 4.39 Å². The number of ether oxygens (including phenoxy) is 1. The molecule has 2 aromatic carbocycles. The number of halogens is 2. The molecule has 0 aliphatic heterocycles. The van der Waals surface area contributed by atoms with E-state index in [1.807, 2.05) is 24.3 Å². The second-order valence-electron chi connectivity index (χ2n) is 4.42. The summed E-state index contributed by atoms with van der Waals surface area (Å²) in [4.78, 5) is 11.9. The topological polar surface area (TPSA) is 39.4 Å². The number of benzene rings is 2. The fourth-order valence-corrected chi connectivity index (χ4v) is 2.25. The van der Waals surface area contributed by atoms with Crippen molar-refractivity contribution < 1.29 is 18.3 Å². The first-order valence-electron chi connectivity index (χ1n) is 6.24. The average molecular weight is 305 g/mol. The minimum atomic E-state index is -0.821. The number of para-hydroxylation sites is 1. The molecule has 0 saturated carbocycles. The summed E-state index contributed by atoms with van der Waals surface area (Å²) in [6.45, 7) is -0.0851. The van der Waals surface area contributed by atoms with E-state index in [9.17, 15) is 9.18 Å². The van der Waals surface area contributed by atoms with Crippen molar-refractivity contribution in [2.75, 3.05) is 0 Å².